The molecule has 0 aliphatic heterocycles. The lowest BCUT2D eigenvalue weighted by molar-refractivity contribution is 0.0694. The summed E-state index contributed by atoms with van der Waals surface area (Å²) < 4.78 is 6.98. The summed E-state index contributed by atoms with van der Waals surface area (Å²) in [4.78, 5) is 16.1. The Balaban J connectivity index is 2.63. The summed E-state index contributed by atoms with van der Waals surface area (Å²) in [7, 11) is 0. The van der Waals surface area contributed by atoms with Gasteiger partial charge in [0.25, 0.3) is 0 Å². The minimum atomic E-state index is -0.407. The first-order valence-electron chi connectivity index (χ1n) is 10.2. The number of unbranched alkanes of at least 4 members (excludes halogenated alkanes) is 2. The Bertz CT molecular complexity index is 444. The van der Waals surface area contributed by atoms with Crippen molar-refractivity contribution in [3.05, 3.63) is 12.7 Å². The predicted molar refractivity (Wildman–Crippen MR) is 102 cm³/mol. The molecule has 0 amide bonds. The summed E-state index contributed by atoms with van der Waals surface area (Å²) >= 11 is 0. The minimum Gasteiger partial charge on any atom is -0.445 e. The van der Waals surface area contributed by atoms with E-state index in [0.29, 0.717) is 11.8 Å². The number of hydrogen-bond donors (Lipinski definition) is 0. The monoisotopic (exact) mass is 351 g/mol. The summed E-state index contributed by atoms with van der Waals surface area (Å²) in [6.07, 6.45) is 13.9. The first-order valence-corrected chi connectivity index (χ1v) is 10.2. The average molecular weight is 352 g/mol. The lowest BCUT2D eigenvalue weighted by Gasteiger charge is -2.24. The molecule has 1 aromatic heterocycles. The number of nitrogens with zero attached hydrogens (tertiary/aromatic N) is 3. The van der Waals surface area contributed by atoms with Crippen LogP contribution in [0.15, 0.2) is 12.7 Å². The Labute approximate surface area is 153 Å². The van der Waals surface area contributed by atoms with Crippen molar-refractivity contribution in [1.29, 1.82) is 0 Å². The third-order valence-corrected chi connectivity index (χ3v) is 5.31. The quantitative estimate of drug-likeness (QED) is 0.419. The molecule has 5 nitrogen and oxygen atoms in total. The molecular weight excluding hydrogens is 314 g/mol. The summed E-state index contributed by atoms with van der Waals surface area (Å²) in [6.45, 7) is 8.96. The van der Waals surface area contributed by atoms with Crippen LogP contribution in [0.5, 0.6) is 0 Å². The number of carbonyl (C=O) groups excluding carboxylic acids is 1. The minimum absolute atomic E-state index is 0.0242. The normalized spacial score (nSPS) is 13.8. The molecule has 0 aliphatic rings. The van der Waals surface area contributed by atoms with Crippen molar-refractivity contribution >= 4 is 6.09 Å². The highest BCUT2D eigenvalue weighted by atomic mass is 16.6. The van der Waals surface area contributed by atoms with Crippen molar-refractivity contribution in [3.63, 3.8) is 0 Å². The SMILES string of the molecule is CCCCCC(CC)CC(CCC(CC)CC)OC(=O)n1cncn1. The second-order valence-corrected chi connectivity index (χ2v) is 7.11. The third-order valence-electron chi connectivity index (χ3n) is 5.31. The van der Waals surface area contributed by atoms with Crippen LogP contribution in [0.25, 0.3) is 0 Å². The molecule has 0 radical (unpaired) electrons. The van der Waals surface area contributed by atoms with Gasteiger partial charge in [0.15, 0.2) is 0 Å². The zero-order valence-corrected chi connectivity index (χ0v) is 16.6. The zero-order chi connectivity index (χ0) is 18.5. The van der Waals surface area contributed by atoms with Crippen LogP contribution in [0.1, 0.15) is 91.9 Å². The van der Waals surface area contributed by atoms with E-state index in [1.54, 1.807) is 0 Å². The molecule has 0 fully saturated rings. The molecule has 1 rings (SSSR count). The highest BCUT2D eigenvalue weighted by molar-refractivity contribution is 5.68. The second kappa shape index (κ2) is 12.9. The lowest BCUT2D eigenvalue weighted by atomic mass is 9.89. The number of carbonyl (C=O) groups is 1. The highest BCUT2D eigenvalue weighted by Gasteiger charge is 2.21. The molecule has 0 aromatic carbocycles. The van der Waals surface area contributed by atoms with Gasteiger partial charge < -0.3 is 4.74 Å². The molecule has 0 saturated carbocycles. The van der Waals surface area contributed by atoms with Gasteiger partial charge in [-0.05, 0) is 31.1 Å². The smallest absolute Gasteiger partial charge is 0.436 e. The van der Waals surface area contributed by atoms with E-state index in [0.717, 1.165) is 25.7 Å². The van der Waals surface area contributed by atoms with Crippen LogP contribution < -0.4 is 0 Å². The first-order chi connectivity index (χ1) is 12.1. The molecule has 2 atom stereocenters. The number of rotatable bonds is 13. The van der Waals surface area contributed by atoms with E-state index in [1.807, 2.05) is 0 Å². The van der Waals surface area contributed by atoms with E-state index in [4.69, 9.17) is 4.74 Å². The van der Waals surface area contributed by atoms with E-state index in [2.05, 4.69) is 37.8 Å². The van der Waals surface area contributed by atoms with E-state index in [-0.39, 0.29) is 6.10 Å². The molecule has 2 unspecified atom stereocenters. The fourth-order valence-corrected chi connectivity index (χ4v) is 3.39. The summed E-state index contributed by atoms with van der Waals surface area (Å²) in [5.41, 5.74) is 0. The molecule has 5 heteroatoms. The molecule has 0 saturated heterocycles. The number of hydrogen-bond acceptors (Lipinski definition) is 4. The van der Waals surface area contributed by atoms with E-state index >= 15 is 0 Å². The van der Waals surface area contributed by atoms with E-state index in [1.165, 1.54) is 55.9 Å². The molecule has 0 bridgehead atoms. The maximum Gasteiger partial charge on any atom is 0.436 e. The predicted octanol–water partition coefficient (Wildman–Crippen LogP) is 5.84. The van der Waals surface area contributed by atoms with Gasteiger partial charge in [0.05, 0.1) is 0 Å². The van der Waals surface area contributed by atoms with Crippen LogP contribution >= 0.6 is 0 Å². The van der Waals surface area contributed by atoms with Gasteiger partial charge in [0.1, 0.15) is 18.8 Å². The molecular formula is C20H37N3O2. The van der Waals surface area contributed by atoms with Crippen LogP contribution in [0.4, 0.5) is 4.79 Å². The van der Waals surface area contributed by atoms with E-state index < -0.39 is 6.09 Å². The van der Waals surface area contributed by atoms with Gasteiger partial charge in [-0.2, -0.15) is 4.68 Å². The Morgan fingerprint density at radius 3 is 2.28 bits per heavy atom. The molecule has 1 heterocycles. The first kappa shape index (κ1) is 21.7. The lowest BCUT2D eigenvalue weighted by Crippen LogP contribution is -2.25. The van der Waals surface area contributed by atoms with Gasteiger partial charge in [-0.1, -0.05) is 72.6 Å². The number of ether oxygens (including phenoxy) is 1. The van der Waals surface area contributed by atoms with Crippen molar-refractivity contribution in [2.75, 3.05) is 0 Å². The van der Waals surface area contributed by atoms with Crippen molar-refractivity contribution in [2.45, 2.75) is 98.0 Å². The largest absolute Gasteiger partial charge is 0.445 e. The molecule has 144 valence electrons. The van der Waals surface area contributed by atoms with Gasteiger partial charge >= 0.3 is 6.09 Å². The van der Waals surface area contributed by atoms with Crippen LogP contribution in [-0.4, -0.2) is 27.0 Å². The van der Waals surface area contributed by atoms with Crippen LogP contribution in [0.2, 0.25) is 0 Å². The van der Waals surface area contributed by atoms with Gasteiger partial charge in [-0.15, -0.1) is 5.10 Å². The van der Waals surface area contributed by atoms with Crippen LogP contribution in [0.3, 0.4) is 0 Å². The molecule has 25 heavy (non-hydrogen) atoms. The average Bonchev–Trinajstić information content (AvgIpc) is 3.16. The molecule has 0 spiro atoms. The van der Waals surface area contributed by atoms with Gasteiger partial charge in [-0.3, -0.25) is 0 Å². The molecule has 1 aromatic rings. The fourth-order valence-electron chi connectivity index (χ4n) is 3.39. The summed E-state index contributed by atoms with van der Waals surface area (Å²) in [5.74, 6) is 1.34. The van der Waals surface area contributed by atoms with E-state index in [9.17, 15) is 4.79 Å². The molecule has 0 aliphatic carbocycles. The van der Waals surface area contributed by atoms with Gasteiger partial charge in [0.2, 0.25) is 0 Å². The van der Waals surface area contributed by atoms with Gasteiger partial charge in [-0.25, -0.2) is 9.78 Å². The van der Waals surface area contributed by atoms with Crippen molar-refractivity contribution in [3.8, 4) is 0 Å². The Kier molecular flexibility index (Phi) is 11.2. The molecule has 0 N–H and O–H groups in total. The van der Waals surface area contributed by atoms with Crippen molar-refractivity contribution in [2.24, 2.45) is 11.8 Å². The Morgan fingerprint density at radius 2 is 1.72 bits per heavy atom. The van der Waals surface area contributed by atoms with Crippen molar-refractivity contribution in [1.82, 2.24) is 14.8 Å². The Hall–Kier alpha value is -1.39. The second-order valence-electron chi connectivity index (χ2n) is 7.11. The zero-order valence-electron chi connectivity index (χ0n) is 16.6. The van der Waals surface area contributed by atoms with Crippen LogP contribution in [-0.2, 0) is 4.74 Å². The number of aromatic nitrogens is 3. The summed E-state index contributed by atoms with van der Waals surface area (Å²) in [6, 6.07) is 0. The van der Waals surface area contributed by atoms with Crippen LogP contribution in [0, 0.1) is 11.8 Å². The fraction of sp³-hybridized carbons (Fsp3) is 0.850. The standard InChI is InChI=1S/C20H37N3O2/c1-5-9-10-11-18(8-4)14-19(13-12-17(6-2)7-3)25-20(24)23-16-21-15-22-23/h15-19H,5-14H2,1-4H3. The summed E-state index contributed by atoms with van der Waals surface area (Å²) in [5, 5.41) is 3.89. The highest BCUT2D eigenvalue weighted by Crippen LogP contribution is 2.25. The van der Waals surface area contributed by atoms with Crippen molar-refractivity contribution < 1.29 is 9.53 Å². The maximum atomic E-state index is 12.3. The topological polar surface area (TPSA) is 57.0 Å². The maximum absolute atomic E-state index is 12.3. The Morgan fingerprint density at radius 1 is 1.00 bits per heavy atom. The van der Waals surface area contributed by atoms with Gasteiger partial charge in [0, 0.05) is 0 Å². The third kappa shape index (κ3) is 8.50.